The lowest BCUT2D eigenvalue weighted by atomic mass is 9.98. The topological polar surface area (TPSA) is 249 Å². The SMILES string of the molecule is O=c1cc(-c2ccc(O)c(O)c2)oc2cc(O[C@@H]3OCC(O)(CO)[C@H]3O[C@@H]3O[C@H](CO)[C@@H](O)[C@@H](O)[C@H]3O)cc(O)c12. The Labute approximate surface area is 230 Å². The summed E-state index contributed by atoms with van der Waals surface area (Å²) in [4.78, 5) is 12.8. The fourth-order valence-electron chi connectivity index (χ4n) is 4.66. The van der Waals surface area contributed by atoms with Gasteiger partial charge in [-0.15, -0.1) is 0 Å². The average Bonchev–Trinajstić information content (AvgIpc) is 3.24. The van der Waals surface area contributed by atoms with Gasteiger partial charge in [-0.3, -0.25) is 4.79 Å². The van der Waals surface area contributed by atoms with Crippen molar-refractivity contribution in [3.63, 3.8) is 0 Å². The number of phenolic OH excluding ortho intramolecular Hbond substituents is 3. The summed E-state index contributed by atoms with van der Waals surface area (Å²) in [6, 6.07) is 7.13. The van der Waals surface area contributed by atoms with Crippen LogP contribution in [0.5, 0.6) is 23.0 Å². The van der Waals surface area contributed by atoms with Gasteiger partial charge in [-0.1, -0.05) is 0 Å². The molecule has 2 aromatic carbocycles. The first-order chi connectivity index (χ1) is 19.4. The fourth-order valence-corrected chi connectivity index (χ4v) is 4.66. The van der Waals surface area contributed by atoms with E-state index in [-0.39, 0.29) is 33.8 Å². The van der Waals surface area contributed by atoms with Gasteiger partial charge in [-0.05, 0) is 18.2 Å². The van der Waals surface area contributed by atoms with Crippen molar-refractivity contribution in [2.75, 3.05) is 19.8 Å². The summed E-state index contributed by atoms with van der Waals surface area (Å²) in [5.74, 6) is -1.52. The molecule has 9 N–H and O–H groups in total. The van der Waals surface area contributed by atoms with Gasteiger partial charge in [0.05, 0.1) is 19.8 Å². The van der Waals surface area contributed by atoms with E-state index in [2.05, 4.69) is 0 Å². The molecule has 2 aliphatic heterocycles. The van der Waals surface area contributed by atoms with E-state index in [1.807, 2.05) is 0 Å². The predicted molar refractivity (Wildman–Crippen MR) is 134 cm³/mol. The molecule has 222 valence electrons. The van der Waals surface area contributed by atoms with Crippen LogP contribution in [0.2, 0.25) is 0 Å². The van der Waals surface area contributed by atoms with Crippen LogP contribution in [0.1, 0.15) is 0 Å². The lowest BCUT2D eigenvalue weighted by Gasteiger charge is -2.42. The largest absolute Gasteiger partial charge is 0.507 e. The van der Waals surface area contributed by atoms with Crippen molar-refractivity contribution in [3.8, 4) is 34.3 Å². The Morgan fingerprint density at radius 2 is 1.66 bits per heavy atom. The molecule has 1 aromatic heterocycles. The van der Waals surface area contributed by atoms with Gasteiger partial charge in [-0.25, -0.2) is 0 Å². The number of ether oxygens (including phenoxy) is 4. The Morgan fingerprint density at radius 1 is 0.902 bits per heavy atom. The second-order valence-electron chi connectivity index (χ2n) is 9.81. The van der Waals surface area contributed by atoms with Crippen LogP contribution in [0.15, 0.2) is 45.6 Å². The molecular weight excluding hydrogens is 552 g/mol. The molecule has 15 nitrogen and oxygen atoms in total. The van der Waals surface area contributed by atoms with Crippen molar-refractivity contribution < 1.29 is 69.3 Å². The Bertz CT molecular complexity index is 1470. The number of rotatable bonds is 7. The van der Waals surface area contributed by atoms with Gasteiger partial charge in [0.1, 0.15) is 58.2 Å². The number of hydrogen-bond donors (Lipinski definition) is 9. The molecule has 2 aliphatic rings. The Balaban J connectivity index is 1.45. The van der Waals surface area contributed by atoms with Gasteiger partial charge < -0.3 is 69.3 Å². The molecule has 0 spiro atoms. The molecule has 5 rings (SSSR count). The maximum absolute atomic E-state index is 12.8. The lowest BCUT2D eigenvalue weighted by molar-refractivity contribution is -0.329. The normalized spacial score (nSPS) is 31.9. The number of phenols is 3. The number of aromatic hydroxyl groups is 3. The van der Waals surface area contributed by atoms with E-state index < -0.39 is 85.4 Å². The van der Waals surface area contributed by atoms with Crippen molar-refractivity contribution in [1.29, 1.82) is 0 Å². The number of benzene rings is 2. The zero-order valence-corrected chi connectivity index (χ0v) is 21.1. The minimum absolute atomic E-state index is 0.00931. The maximum Gasteiger partial charge on any atom is 0.229 e. The van der Waals surface area contributed by atoms with E-state index in [4.69, 9.17) is 23.4 Å². The Hall–Kier alpha value is -3.51. The molecule has 8 atom stereocenters. The van der Waals surface area contributed by atoms with Crippen molar-refractivity contribution in [2.45, 2.75) is 48.7 Å². The Kier molecular flexibility index (Phi) is 7.82. The molecule has 2 saturated heterocycles. The molecule has 41 heavy (non-hydrogen) atoms. The summed E-state index contributed by atoms with van der Waals surface area (Å²) in [6.07, 6.45) is -11.4. The van der Waals surface area contributed by atoms with E-state index >= 15 is 0 Å². The van der Waals surface area contributed by atoms with Gasteiger partial charge in [0.2, 0.25) is 6.29 Å². The molecule has 2 fully saturated rings. The highest BCUT2D eigenvalue weighted by Gasteiger charge is 2.55. The smallest absolute Gasteiger partial charge is 0.229 e. The molecule has 0 aliphatic carbocycles. The van der Waals surface area contributed by atoms with Gasteiger partial charge in [0, 0.05) is 23.8 Å². The number of aliphatic hydroxyl groups excluding tert-OH is 5. The summed E-state index contributed by atoms with van der Waals surface area (Å²) >= 11 is 0. The third-order valence-corrected chi connectivity index (χ3v) is 6.97. The van der Waals surface area contributed by atoms with Crippen LogP contribution < -0.4 is 10.2 Å². The minimum atomic E-state index is -2.09. The van der Waals surface area contributed by atoms with E-state index in [1.165, 1.54) is 24.3 Å². The number of aliphatic hydroxyl groups is 6. The molecule has 3 heterocycles. The first-order valence-electron chi connectivity index (χ1n) is 12.4. The lowest BCUT2D eigenvalue weighted by Crippen LogP contribution is -2.62. The molecule has 0 bridgehead atoms. The summed E-state index contributed by atoms with van der Waals surface area (Å²) < 4.78 is 28.0. The van der Waals surface area contributed by atoms with E-state index in [9.17, 15) is 50.8 Å². The molecule has 0 amide bonds. The highest BCUT2D eigenvalue weighted by atomic mass is 16.8. The van der Waals surface area contributed by atoms with Crippen LogP contribution in [-0.4, -0.2) is 114 Å². The molecule has 15 heteroatoms. The second-order valence-corrected chi connectivity index (χ2v) is 9.81. The standard InChI is InChI=1S/C26H28O15/c27-7-18-20(33)21(34)22(35)24(40-18)41-23-25(37-9-26(23,36)8-28)38-11-4-14(31)19-15(32)6-16(39-17(19)5-11)10-1-2-12(29)13(30)3-10/h1-6,18,20-25,27-31,33-36H,7-9H2/t18-,20-,21-,22-,23+,24+,25+,26?/m1/s1. The number of fused-ring (bicyclic) bond motifs is 1. The van der Waals surface area contributed by atoms with Crippen molar-refractivity contribution >= 4 is 11.0 Å². The van der Waals surface area contributed by atoms with Gasteiger partial charge in [0.15, 0.2) is 29.3 Å². The predicted octanol–water partition coefficient (Wildman–Crippen LogP) is -1.78. The van der Waals surface area contributed by atoms with Crippen LogP contribution in [0.3, 0.4) is 0 Å². The highest BCUT2D eigenvalue weighted by molar-refractivity contribution is 5.86. The first-order valence-corrected chi connectivity index (χ1v) is 12.4. The average molecular weight is 580 g/mol. The summed E-state index contributed by atoms with van der Waals surface area (Å²) in [5.41, 5.74) is -2.63. The summed E-state index contributed by atoms with van der Waals surface area (Å²) in [5, 5.41) is 90.4. The van der Waals surface area contributed by atoms with Crippen molar-refractivity contribution in [3.05, 3.63) is 46.6 Å². The van der Waals surface area contributed by atoms with Gasteiger partial charge in [-0.2, -0.15) is 0 Å². The molecule has 0 saturated carbocycles. The van der Waals surface area contributed by atoms with Crippen molar-refractivity contribution in [2.24, 2.45) is 0 Å². The monoisotopic (exact) mass is 580 g/mol. The van der Waals surface area contributed by atoms with Crippen molar-refractivity contribution in [1.82, 2.24) is 0 Å². The van der Waals surface area contributed by atoms with Gasteiger partial charge >= 0.3 is 0 Å². The van der Waals surface area contributed by atoms with Crippen LogP contribution in [0.4, 0.5) is 0 Å². The van der Waals surface area contributed by atoms with E-state index in [0.717, 1.165) is 12.1 Å². The second kappa shape index (κ2) is 11.1. The zero-order chi connectivity index (χ0) is 29.6. The number of hydrogen-bond acceptors (Lipinski definition) is 15. The van der Waals surface area contributed by atoms with E-state index in [1.54, 1.807) is 0 Å². The van der Waals surface area contributed by atoms with Gasteiger partial charge in [0.25, 0.3) is 0 Å². The van der Waals surface area contributed by atoms with Crippen LogP contribution >= 0.6 is 0 Å². The van der Waals surface area contributed by atoms with Crippen LogP contribution in [-0.2, 0) is 14.2 Å². The molecular formula is C26H28O15. The van der Waals surface area contributed by atoms with Crippen LogP contribution in [0.25, 0.3) is 22.3 Å². The third-order valence-electron chi connectivity index (χ3n) is 6.97. The summed E-state index contributed by atoms with van der Waals surface area (Å²) in [7, 11) is 0. The maximum atomic E-state index is 12.8. The van der Waals surface area contributed by atoms with E-state index in [0.29, 0.717) is 0 Å². The summed E-state index contributed by atoms with van der Waals surface area (Å²) in [6.45, 7) is -2.14. The Morgan fingerprint density at radius 3 is 2.34 bits per heavy atom. The molecule has 1 unspecified atom stereocenters. The first kappa shape index (κ1) is 29.0. The molecule has 3 aromatic rings. The zero-order valence-electron chi connectivity index (χ0n) is 21.1. The minimum Gasteiger partial charge on any atom is -0.507 e. The van der Waals surface area contributed by atoms with Crippen LogP contribution in [0, 0.1) is 0 Å². The fraction of sp³-hybridized carbons (Fsp3) is 0.423. The third kappa shape index (κ3) is 5.30. The highest BCUT2D eigenvalue weighted by Crippen LogP contribution is 2.37. The quantitative estimate of drug-likeness (QED) is 0.140. The molecule has 0 radical (unpaired) electrons.